The van der Waals surface area contributed by atoms with Gasteiger partial charge in [-0.15, -0.1) is 0 Å². The zero-order chi connectivity index (χ0) is 39.7. The highest BCUT2D eigenvalue weighted by atomic mass is 16.6. The summed E-state index contributed by atoms with van der Waals surface area (Å²) in [6, 6.07) is 39.4. The van der Waals surface area contributed by atoms with E-state index in [1.54, 1.807) is 9.80 Å². The van der Waals surface area contributed by atoms with Crippen molar-refractivity contribution in [3.05, 3.63) is 132 Å². The lowest BCUT2D eigenvalue weighted by atomic mass is 10.0. The second-order valence-corrected chi connectivity index (χ2v) is 15.2. The van der Waals surface area contributed by atoms with Crippen LogP contribution in [0.4, 0.5) is 21.0 Å². The van der Waals surface area contributed by atoms with Gasteiger partial charge in [-0.1, -0.05) is 48.5 Å². The average molecular weight is 795 g/mol. The Morgan fingerprint density at radius 1 is 0.492 bits per heavy atom. The first-order chi connectivity index (χ1) is 29.0. The Kier molecular flexibility index (Phi) is 10.0. The van der Waals surface area contributed by atoms with Gasteiger partial charge in [0.25, 0.3) is 0 Å². The minimum absolute atomic E-state index is 0.192. The first-order valence-corrected chi connectivity index (χ1v) is 19.9. The Morgan fingerprint density at radius 2 is 0.915 bits per heavy atom. The van der Waals surface area contributed by atoms with E-state index in [-0.39, 0.29) is 25.4 Å². The van der Waals surface area contributed by atoms with Gasteiger partial charge in [-0.3, -0.25) is 9.80 Å². The molecule has 59 heavy (non-hydrogen) atoms. The second kappa shape index (κ2) is 16.0. The molecule has 0 radical (unpaired) electrons. The molecule has 4 saturated heterocycles. The molecule has 10 rings (SSSR count). The molecular weight excluding hydrogens is 753 g/mol. The molecule has 12 heteroatoms. The fourth-order valence-electron chi connectivity index (χ4n) is 7.43. The third-order valence-corrected chi connectivity index (χ3v) is 10.8. The normalized spacial score (nSPS) is 20.7. The molecule has 12 nitrogen and oxygen atoms in total. The molecule has 4 aliphatic rings. The van der Waals surface area contributed by atoms with E-state index in [9.17, 15) is 9.59 Å². The molecule has 2 amide bonds. The molecule has 6 aromatic rings. The Bertz CT molecular complexity index is 2310. The third kappa shape index (κ3) is 8.55. The van der Waals surface area contributed by atoms with Crippen molar-refractivity contribution in [2.45, 2.75) is 30.8 Å². The largest absolute Gasteiger partial charge is 0.491 e. The summed E-state index contributed by atoms with van der Waals surface area (Å²) in [4.78, 5) is 29.1. The fraction of sp³-hybridized carbons (Fsp3) is 0.277. The predicted octanol–water partition coefficient (Wildman–Crippen LogP) is 7.95. The van der Waals surface area contributed by atoms with Gasteiger partial charge in [0.15, 0.2) is 12.2 Å². The van der Waals surface area contributed by atoms with Gasteiger partial charge in [0, 0.05) is 22.1 Å². The van der Waals surface area contributed by atoms with E-state index in [2.05, 4.69) is 0 Å². The van der Waals surface area contributed by atoms with E-state index in [1.165, 1.54) is 0 Å². The van der Waals surface area contributed by atoms with Crippen LogP contribution in [0.2, 0.25) is 0 Å². The first kappa shape index (κ1) is 36.8. The highest BCUT2D eigenvalue weighted by Gasteiger charge is 2.34. The third-order valence-electron chi connectivity index (χ3n) is 10.8. The van der Waals surface area contributed by atoms with E-state index in [0.29, 0.717) is 32.7 Å². The molecule has 4 heterocycles. The van der Waals surface area contributed by atoms with Gasteiger partial charge in [0.1, 0.15) is 61.6 Å². The number of ether oxygens (including phenoxy) is 8. The maximum atomic E-state index is 12.9. The molecule has 4 fully saturated rings. The molecule has 0 aromatic heterocycles. The maximum absolute atomic E-state index is 12.9. The number of hydrogen-bond acceptors (Lipinski definition) is 10. The van der Waals surface area contributed by atoms with E-state index in [0.717, 1.165) is 80.3 Å². The summed E-state index contributed by atoms with van der Waals surface area (Å²) in [7, 11) is 0. The Labute approximate surface area is 340 Å². The fourth-order valence-corrected chi connectivity index (χ4v) is 7.43. The van der Waals surface area contributed by atoms with Crippen molar-refractivity contribution in [2.24, 2.45) is 0 Å². The quantitative estimate of drug-likeness (QED) is 0.0893. The zero-order valence-electron chi connectivity index (χ0n) is 32.2. The lowest BCUT2D eigenvalue weighted by Crippen LogP contribution is -2.26. The van der Waals surface area contributed by atoms with Crippen LogP contribution in [0, 0.1) is 0 Å². The molecule has 4 unspecified atom stereocenters. The smallest absolute Gasteiger partial charge is 0.414 e. The minimum Gasteiger partial charge on any atom is -0.491 e. The Balaban J connectivity index is 0.701. The molecule has 0 spiro atoms. The van der Waals surface area contributed by atoms with Crippen molar-refractivity contribution >= 4 is 45.1 Å². The Morgan fingerprint density at radius 3 is 1.34 bits per heavy atom. The Hall–Kier alpha value is -6.50. The van der Waals surface area contributed by atoms with Gasteiger partial charge in [-0.2, -0.15) is 0 Å². The number of fused-ring (bicyclic) bond motifs is 2. The number of rotatable bonds is 16. The van der Waals surface area contributed by atoms with Gasteiger partial charge in [0.2, 0.25) is 0 Å². The summed E-state index contributed by atoms with van der Waals surface area (Å²) in [5.41, 5.74) is 3.69. The predicted molar refractivity (Wildman–Crippen MR) is 220 cm³/mol. The number of benzene rings is 6. The minimum atomic E-state index is -0.417. The topological polar surface area (TPSA) is 121 Å². The standard InChI is InChI=1S/C47H42N2O10/c50-46-48(22-38(58-46)24-56-44-5-1-3-32-20-36(15-17-42(32)44)52-26-40-28-54-40)34-11-7-30(8-12-34)19-31-9-13-35(14-10-31)49-23-39(59-47(49)51)25-57-45-6-2-4-33-21-37(16-18-43(33)45)53-27-41-29-55-41/h1-18,20-21,38-41H,19,22-29H2. The number of hydrogen-bond donors (Lipinski definition) is 0. The van der Waals surface area contributed by atoms with Crippen LogP contribution in [0.5, 0.6) is 23.0 Å². The molecule has 0 bridgehead atoms. The van der Waals surface area contributed by atoms with Crippen LogP contribution < -0.4 is 28.7 Å². The molecule has 6 aromatic carbocycles. The SMILES string of the molecule is O=C1OC(COc2cccc3cc(OCC4CO4)ccc23)CN1c1ccc(Cc2ccc(N3CC(COc4cccc5cc(OCC6CO6)ccc45)OC3=O)cc2)cc1. The first-order valence-electron chi connectivity index (χ1n) is 19.9. The van der Waals surface area contributed by atoms with Crippen molar-refractivity contribution in [1.82, 2.24) is 0 Å². The number of carbonyl (C=O) groups is 2. The number of carbonyl (C=O) groups excluding carboxylic acids is 2. The maximum Gasteiger partial charge on any atom is 0.414 e. The summed E-state index contributed by atoms with van der Waals surface area (Å²) < 4.78 is 45.8. The molecule has 300 valence electrons. The summed E-state index contributed by atoms with van der Waals surface area (Å²) in [6.07, 6.45) is -0.565. The number of epoxide rings is 2. The van der Waals surface area contributed by atoms with Gasteiger partial charge in [0.05, 0.1) is 26.3 Å². The molecule has 4 atom stereocenters. The van der Waals surface area contributed by atoms with E-state index in [1.807, 2.05) is 121 Å². The highest BCUT2D eigenvalue weighted by Crippen LogP contribution is 2.32. The summed E-state index contributed by atoms with van der Waals surface area (Å²) >= 11 is 0. The number of anilines is 2. The molecule has 4 aliphatic heterocycles. The van der Waals surface area contributed by atoms with Crippen LogP contribution in [0.25, 0.3) is 21.5 Å². The lowest BCUT2D eigenvalue weighted by Gasteiger charge is -2.15. The lowest BCUT2D eigenvalue weighted by molar-refractivity contribution is 0.105. The molecular formula is C47H42N2O10. The van der Waals surface area contributed by atoms with Crippen LogP contribution in [-0.2, 0) is 25.4 Å². The van der Waals surface area contributed by atoms with Crippen LogP contribution in [-0.4, -0.2) is 89.3 Å². The van der Waals surface area contributed by atoms with Crippen LogP contribution in [0.3, 0.4) is 0 Å². The van der Waals surface area contributed by atoms with E-state index in [4.69, 9.17) is 37.9 Å². The molecule has 0 N–H and O–H groups in total. The van der Waals surface area contributed by atoms with Crippen LogP contribution >= 0.6 is 0 Å². The zero-order valence-corrected chi connectivity index (χ0v) is 32.2. The highest BCUT2D eigenvalue weighted by molar-refractivity contribution is 5.92. The van der Waals surface area contributed by atoms with Crippen LogP contribution in [0.1, 0.15) is 11.1 Å². The van der Waals surface area contributed by atoms with Gasteiger partial charge >= 0.3 is 12.2 Å². The van der Waals surface area contributed by atoms with Gasteiger partial charge in [-0.05, 0) is 101 Å². The summed E-state index contributed by atoms with van der Waals surface area (Å²) in [6.45, 7) is 3.83. The van der Waals surface area contributed by atoms with Crippen molar-refractivity contribution in [3.63, 3.8) is 0 Å². The second-order valence-electron chi connectivity index (χ2n) is 15.2. The van der Waals surface area contributed by atoms with Gasteiger partial charge < -0.3 is 37.9 Å². The number of amides is 2. The number of nitrogens with zero attached hydrogens (tertiary/aromatic N) is 2. The van der Waals surface area contributed by atoms with E-state index >= 15 is 0 Å². The number of cyclic esters (lactones) is 2. The summed E-state index contributed by atoms with van der Waals surface area (Å²) in [5.74, 6) is 3.02. The van der Waals surface area contributed by atoms with Crippen molar-refractivity contribution in [3.8, 4) is 23.0 Å². The van der Waals surface area contributed by atoms with E-state index < -0.39 is 24.4 Å². The monoisotopic (exact) mass is 794 g/mol. The molecule has 0 saturated carbocycles. The van der Waals surface area contributed by atoms with Crippen LogP contribution in [0.15, 0.2) is 121 Å². The average Bonchev–Trinajstić information content (AvgIpc) is 4.20. The van der Waals surface area contributed by atoms with Crippen molar-refractivity contribution in [1.29, 1.82) is 0 Å². The summed E-state index contributed by atoms with van der Waals surface area (Å²) in [5, 5.41) is 3.93. The van der Waals surface area contributed by atoms with Gasteiger partial charge in [-0.25, -0.2) is 9.59 Å². The van der Waals surface area contributed by atoms with Crippen molar-refractivity contribution < 1.29 is 47.5 Å². The molecule has 0 aliphatic carbocycles. The van der Waals surface area contributed by atoms with Crippen molar-refractivity contribution in [2.75, 3.05) is 62.5 Å².